The Morgan fingerprint density at radius 2 is 2.18 bits per heavy atom. The first kappa shape index (κ1) is 13.6. The molecule has 0 aromatic carbocycles. The maximum atomic E-state index is 11.7. The van der Waals surface area contributed by atoms with Crippen LogP contribution in [0.25, 0.3) is 0 Å². The number of hydrogen-bond acceptors (Lipinski definition) is 6. The zero-order valence-corrected chi connectivity index (χ0v) is 10.9. The molecule has 0 amide bonds. The van der Waals surface area contributed by atoms with Gasteiger partial charge in [-0.2, -0.15) is 11.8 Å². The van der Waals surface area contributed by atoms with Gasteiger partial charge in [0.25, 0.3) is 0 Å². The SMILES string of the molecule is COc1ccnc(C(=O)OCCSC)c1OC. The minimum atomic E-state index is -0.505. The molecule has 0 radical (unpaired) electrons. The largest absolute Gasteiger partial charge is 0.493 e. The third-order valence-electron chi connectivity index (χ3n) is 2.01. The third-order valence-corrected chi connectivity index (χ3v) is 2.58. The van der Waals surface area contributed by atoms with Crippen molar-refractivity contribution in [2.75, 3.05) is 32.8 Å². The summed E-state index contributed by atoms with van der Waals surface area (Å²) in [6, 6.07) is 1.62. The molecule has 94 valence electrons. The van der Waals surface area contributed by atoms with Crippen LogP contribution < -0.4 is 9.47 Å². The number of carbonyl (C=O) groups excluding carboxylic acids is 1. The maximum absolute atomic E-state index is 11.7. The van der Waals surface area contributed by atoms with Crippen LogP contribution >= 0.6 is 11.8 Å². The highest BCUT2D eigenvalue weighted by Gasteiger charge is 2.19. The van der Waals surface area contributed by atoms with Crippen LogP contribution in [0.3, 0.4) is 0 Å². The Bertz CT molecular complexity index is 384. The predicted octanol–water partition coefficient (Wildman–Crippen LogP) is 1.62. The normalized spacial score (nSPS) is 9.82. The fourth-order valence-corrected chi connectivity index (χ4v) is 1.47. The van der Waals surface area contributed by atoms with Gasteiger partial charge < -0.3 is 14.2 Å². The van der Waals surface area contributed by atoms with Crippen LogP contribution in [0.5, 0.6) is 11.5 Å². The van der Waals surface area contributed by atoms with E-state index in [0.29, 0.717) is 18.1 Å². The van der Waals surface area contributed by atoms with Gasteiger partial charge in [0.05, 0.1) is 14.2 Å². The molecule has 1 aromatic rings. The molecule has 0 saturated carbocycles. The summed E-state index contributed by atoms with van der Waals surface area (Å²) in [6.45, 7) is 0.349. The third kappa shape index (κ3) is 3.52. The van der Waals surface area contributed by atoms with Crippen LogP contribution in [0.1, 0.15) is 10.5 Å². The number of rotatable bonds is 6. The lowest BCUT2D eigenvalue weighted by atomic mass is 10.3. The fourth-order valence-electron chi connectivity index (χ4n) is 1.22. The Hall–Kier alpha value is -1.43. The monoisotopic (exact) mass is 257 g/mol. The molecule has 1 heterocycles. The second-order valence-electron chi connectivity index (χ2n) is 3.02. The predicted molar refractivity (Wildman–Crippen MR) is 66.0 cm³/mol. The topological polar surface area (TPSA) is 57.7 Å². The van der Waals surface area contributed by atoms with Gasteiger partial charge in [0.2, 0.25) is 0 Å². The Balaban J connectivity index is 2.85. The summed E-state index contributed by atoms with van der Waals surface area (Å²) < 4.78 is 15.2. The first-order valence-corrected chi connectivity index (χ1v) is 6.37. The summed E-state index contributed by atoms with van der Waals surface area (Å²) in [7, 11) is 2.96. The molecule has 5 nitrogen and oxygen atoms in total. The number of methoxy groups -OCH3 is 2. The highest BCUT2D eigenvalue weighted by molar-refractivity contribution is 7.98. The van der Waals surface area contributed by atoms with E-state index in [2.05, 4.69) is 4.98 Å². The van der Waals surface area contributed by atoms with Crippen LogP contribution in [-0.4, -0.2) is 43.8 Å². The number of pyridine rings is 1. The van der Waals surface area contributed by atoms with Gasteiger partial charge in [-0.25, -0.2) is 9.78 Å². The Labute approximate surface area is 104 Å². The van der Waals surface area contributed by atoms with E-state index in [1.54, 1.807) is 17.8 Å². The Morgan fingerprint density at radius 1 is 1.41 bits per heavy atom. The summed E-state index contributed by atoms with van der Waals surface area (Å²) in [5.41, 5.74) is 0.132. The van der Waals surface area contributed by atoms with Crippen molar-refractivity contribution in [1.29, 1.82) is 0 Å². The standard InChI is InChI=1S/C11H15NO4S/c1-14-8-4-5-12-9(10(8)15-2)11(13)16-6-7-17-3/h4-5H,6-7H2,1-3H3. The number of esters is 1. The van der Waals surface area contributed by atoms with Crippen molar-refractivity contribution in [2.45, 2.75) is 0 Å². The van der Waals surface area contributed by atoms with E-state index in [0.717, 1.165) is 5.75 Å². The van der Waals surface area contributed by atoms with Crippen molar-refractivity contribution < 1.29 is 19.0 Å². The second-order valence-corrected chi connectivity index (χ2v) is 4.01. The van der Waals surface area contributed by atoms with Gasteiger partial charge in [0, 0.05) is 18.0 Å². The number of ether oxygens (including phenoxy) is 3. The summed E-state index contributed by atoms with van der Waals surface area (Å²) in [5, 5.41) is 0. The number of aromatic nitrogens is 1. The van der Waals surface area contributed by atoms with E-state index in [9.17, 15) is 4.79 Å². The highest BCUT2D eigenvalue weighted by Crippen LogP contribution is 2.29. The molecule has 1 aromatic heterocycles. The smallest absolute Gasteiger partial charge is 0.361 e. The van der Waals surface area contributed by atoms with E-state index in [1.807, 2.05) is 6.26 Å². The van der Waals surface area contributed by atoms with Gasteiger partial charge in [-0.05, 0) is 6.26 Å². The molecule has 0 fully saturated rings. The molecule has 0 saturated heterocycles. The van der Waals surface area contributed by atoms with Crippen molar-refractivity contribution in [3.05, 3.63) is 18.0 Å². The molecule has 0 atom stereocenters. The Kier molecular flexibility index (Phi) is 5.62. The van der Waals surface area contributed by atoms with E-state index in [4.69, 9.17) is 14.2 Å². The lowest BCUT2D eigenvalue weighted by Crippen LogP contribution is -2.11. The molecule has 0 bridgehead atoms. The molecule has 0 aliphatic carbocycles. The van der Waals surface area contributed by atoms with Crippen molar-refractivity contribution in [2.24, 2.45) is 0 Å². The minimum absolute atomic E-state index is 0.132. The zero-order valence-electron chi connectivity index (χ0n) is 10.1. The van der Waals surface area contributed by atoms with Gasteiger partial charge in [-0.15, -0.1) is 0 Å². The highest BCUT2D eigenvalue weighted by atomic mass is 32.2. The van der Waals surface area contributed by atoms with Gasteiger partial charge in [0.15, 0.2) is 17.2 Å². The number of hydrogen-bond donors (Lipinski definition) is 0. The van der Waals surface area contributed by atoms with Crippen LogP contribution in [0.2, 0.25) is 0 Å². The molecule has 6 heteroatoms. The molecular formula is C11H15NO4S. The summed E-state index contributed by atoms with van der Waals surface area (Å²) >= 11 is 1.60. The van der Waals surface area contributed by atoms with E-state index in [1.165, 1.54) is 20.4 Å². The van der Waals surface area contributed by atoms with Crippen molar-refractivity contribution >= 4 is 17.7 Å². The molecule has 0 N–H and O–H groups in total. The molecule has 0 aliphatic heterocycles. The first-order valence-electron chi connectivity index (χ1n) is 4.97. The zero-order chi connectivity index (χ0) is 12.7. The molecule has 17 heavy (non-hydrogen) atoms. The summed E-state index contributed by atoms with van der Waals surface area (Å²) in [4.78, 5) is 15.7. The van der Waals surface area contributed by atoms with E-state index in [-0.39, 0.29) is 5.69 Å². The quantitative estimate of drug-likeness (QED) is 0.570. The summed E-state index contributed by atoms with van der Waals surface area (Å²) in [6.07, 6.45) is 3.42. The molecule has 0 unspecified atom stereocenters. The van der Waals surface area contributed by atoms with Crippen molar-refractivity contribution in [3.63, 3.8) is 0 Å². The van der Waals surface area contributed by atoms with E-state index < -0.39 is 5.97 Å². The van der Waals surface area contributed by atoms with Crippen LogP contribution in [-0.2, 0) is 4.74 Å². The van der Waals surface area contributed by atoms with Gasteiger partial charge in [-0.1, -0.05) is 0 Å². The van der Waals surface area contributed by atoms with Crippen molar-refractivity contribution in [1.82, 2.24) is 4.98 Å². The molecular weight excluding hydrogens is 242 g/mol. The molecule has 1 rings (SSSR count). The average Bonchev–Trinajstić information content (AvgIpc) is 2.37. The van der Waals surface area contributed by atoms with E-state index >= 15 is 0 Å². The van der Waals surface area contributed by atoms with Crippen LogP contribution in [0.15, 0.2) is 12.3 Å². The van der Waals surface area contributed by atoms with Crippen LogP contribution in [0.4, 0.5) is 0 Å². The Morgan fingerprint density at radius 3 is 2.76 bits per heavy atom. The number of carbonyl (C=O) groups is 1. The lowest BCUT2D eigenvalue weighted by molar-refractivity contribution is 0.0518. The number of nitrogens with zero attached hydrogens (tertiary/aromatic N) is 1. The second kappa shape index (κ2) is 7.01. The lowest BCUT2D eigenvalue weighted by Gasteiger charge is -2.10. The van der Waals surface area contributed by atoms with Crippen molar-refractivity contribution in [3.8, 4) is 11.5 Å². The van der Waals surface area contributed by atoms with Crippen LogP contribution in [0, 0.1) is 0 Å². The minimum Gasteiger partial charge on any atom is -0.493 e. The fraction of sp³-hybridized carbons (Fsp3) is 0.455. The van der Waals surface area contributed by atoms with Gasteiger partial charge >= 0.3 is 5.97 Å². The van der Waals surface area contributed by atoms with Gasteiger partial charge in [0.1, 0.15) is 6.61 Å². The number of thioether (sulfide) groups is 1. The first-order chi connectivity index (χ1) is 8.24. The molecule has 0 aliphatic rings. The average molecular weight is 257 g/mol. The van der Waals surface area contributed by atoms with Gasteiger partial charge in [-0.3, -0.25) is 0 Å². The maximum Gasteiger partial charge on any atom is 0.361 e. The summed E-state index contributed by atoms with van der Waals surface area (Å²) in [5.74, 6) is 0.996. The molecule has 0 spiro atoms.